The highest BCUT2D eigenvalue weighted by Gasteiger charge is 2.31. The zero-order valence-corrected chi connectivity index (χ0v) is 21.0. The predicted octanol–water partition coefficient (Wildman–Crippen LogP) is 4.16. The van der Waals surface area contributed by atoms with Gasteiger partial charge in [-0.25, -0.2) is 17.4 Å². The smallest absolute Gasteiger partial charge is 0.244 e. The van der Waals surface area contributed by atoms with Gasteiger partial charge in [-0.1, -0.05) is 67.6 Å². The lowest BCUT2D eigenvalue weighted by Gasteiger charge is -2.41. The van der Waals surface area contributed by atoms with E-state index < -0.39 is 10.0 Å². The second kappa shape index (κ2) is 9.79. The van der Waals surface area contributed by atoms with Crippen LogP contribution in [-0.4, -0.2) is 53.4 Å². The lowest BCUT2D eigenvalue weighted by Crippen LogP contribution is -2.51. The van der Waals surface area contributed by atoms with Crippen molar-refractivity contribution in [2.75, 3.05) is 25.0 Å². The summed E-state index contributed by atoms with van der Waals surface area (Å²) < 4.78 is 27.7. The van der Waals surface area contributed by atoms with Gasteiger partial charge < -0.3 is 4.90 Å². The number of hydrogen-bond acceptors (Lipinski definition) is 6. The van der Waals surface area contributed by atoms with Crippen LogP contribution in [0.4, 0.5) is 5.95 Å². The Morgan fingerprint density at radius 2 is 1.69 bits per heavy atom. The number of likely N-dealkylation sites (N-methyl/N-ethyl adjacent to an activating group) is 1. The van der Waals surface area contributed by atoms with E-state index in [9.17, 15) is 8.42 Å². The predicted molar refractivity (Wildman–Crippen MR) is 140 cm³/mol. The molecule has 0 amide bonds. The van der Waals surface area contributed by atoms with Gasteiger partial charge in [-0.05, 0) is 36.1 Å². The number of rotatable bonds is 7. The number of likely N-dealkylation sites (tertiary alicyclic amines) is 1. The van der Waals surface area contributed by atoms with Gasteiger partial charge >= 0.3 is 0 Å². The topological polar surface area (TPSA) is 71.3 Å². The van der Waals surface area contributed by atoms with Crippen molar-refractivity contribution in [3.8, 4) is 0 Å². The van der Waals surface area contributed by atoms with Crippen LogP contribution in [-0.2, 0) is 22.3 Å². The SMILES string of the molecule is C[C@@H]1CCN(Cc2ccccc2)C[C@@H]1N(C)c1ncc2ccn(S(=O)(=O)Cc3ccccc3)c2n1. The normalized spacial score (nSPS) is 19.1. The summed E-state index contributed by atoms with van der Waals surface area (Å²) >= 11 is 0. The van der Waals surface area contributed by atoms with E-state index in [1.807, 2.05) is 43.4 Å². The molecule has 0 aliphatic carbocycles. The quantitative estimate of drug-likeness (QED) is 0.388. The van der Waals surface area contributed by atoms with Crippen LogP contribution >= 0.6 is 0 Å². The van der Waals surface area contributed by atoms with Crippen LogP contribution in [0.5, 0.6) is 0 Å². The molecule has 0 bridgehead atoms. The molecule has 2 aromatic carbocycles. The van der Waals surface area contributed by atoms with E-state index in [0.717, 1.165) is 31.6 Å². The van der Waals surface area contributed by atoms with Crippen LogP contribution in [0, 0.1) is 5.92 Å². The van der Waals surface area contributed by atoms with Crippen molar-refractivity contribution in [1.82, 2.24) is 18.8 Å². The lowest BCUT2D eigenvalue weighted by atomic mass is 9.92. The third-order valence-corrected chi connectivity index (χ3v) is 8.53. The molecule has 3 heterocycles. The molecule has 0 unspecified atom stereocenters. The van der Waals surface area contributed by atoms with Gasteiger partial charge in [-0.2, -0.15) is 4.98 Å². The molecule has 0 spiro atoms. The lowest BCUT2D eigenvalue weighted by molar-refractivity contribution is 0.158. The molecule has 0 radical (unpaired) electrons. The molecular formula is C27H31N5O2S. The number of piperidine rings is 1. The molecule has 2 atom stereocenters. The second-order valence-electron chi connectivity index (χ2n) is 9.47. The fourth-order valence-electron chi connectivity index (χ4n) is 4.89. The number of benzene rings is 2. The zero-order valence-electron chi connectivity index (χ0n) is 20.2. The van der Waals surface area contributed by atoms with Crippen molar-refractivity contribution >= 4 is 27.0 Å². The van der Waals surface area contributed by atoms with Crippen molar-refractivity contribution in [2.24, 2.45) is 5.92 Å². The van der Waals surface area contributed by atoms with E-state index in [1.54, 1.807) is 18.5 Å². The van der Waals surface area contributed by atoms with Crippen LogP contribution < -0.4 is 4.90 Å². The molecule has 1 saturated heterocycles. The summed E-state index contributed by atoms with van der Waals surface area (Å²) in [5.74, 6) is 0.937. The summed E-state index contributed by atoms with van der Waals surface area (Å²) in [4.78, 5) is 13.9. The standard InChI is InChI=1S/C27H31N5O2S/c1-21-13-15-31(18-22-9-5-3-6-10-22)19-25(21)30(2)27-28-17-24-14-16-32(26(24)29-27)35(33,34)20-23-11-7-4-8-12-23/h3-12,14,16-17,21,25H,13,15,18-20H2,1-2H3/t21-,25+/m1/s1. The van der Waals surface area contributed by atoms with Crippen LogP contribution in [0.3, 0.4) is 0 Å². The Labute approximate surface area is 207 Å². The zero-order chi connectivity index (χ0) is 24.4. The van der Waals surface area contributed by atoms with E-state index in [2.05, 4.69) is 46.0 Å². The van der Waals surface area contributed by atoms with Crippen LogP contribution in [0.25, 0.3) is 11.0 Å². The summed E-state index contributed by atoms with van der Waals surface area (Å²) in [5.41, 5.74) is 2.47. The Balaban J connectivity index is 1.39. The first-order valence-corrected chi connectivity index (χ1v) is 13.6. The molecule has 0 saturated carbocycles. The average Bonchev–Trinajstić information content (AvgIpc) is 3.30. The molecule has 7 nitrogen and oxygen atoms in total. The summed E-state index contributed by atoms with van der Waals surface area (Å²) in [6.07, 6.45) is 4.38. The highest BCUT2D eigenvalue weighted by atomic mass is 32.2. The van der Waals surface area contributed by atoms with Crippen LogP contribution in [0.2, 0.25) is 0 Å². The van der Waals surface area contributed by atoms with Crippen LogP contribution in [0.15, 0.2) is 79.1 Å². The van der Waals surface area contributed by atoms with Crippen molar-refractivity contribution in [2.45, 2.75) is 31.7 Å². The van der Waals surface area contributed by atoms with E-state index >= 15 is 0 Å². The molecule has 182 valence electrons. The third kappa shape index (κ3) is 5.09. The van der Waals surface area contributed by atoms with E-state index in [0.29, 0.717) is 22.9 Å². The number of fused-ring (bicyclic) bond motifs is 1. The minimum Gasteiger partial charge on any atom is -0.339 e. The number of hydrogen-bond donors (Lipinski definition) is 0. The van der Waals surface area contributed by atoms with E-state index in [1.165, 1.54) is 9.54 Å². The molecule has 4 aromatic rings. The Hall–Kier alpha value is -3.23. The van der Waals surface area contributed by atoms with Gasteiger partial charge in [0.25, 0.3) is 0 Å². The minimum atomic E-state index is -3.62. The highest BCUT2D eigenvalue weighted by Crippen LogP contribution is 2.26. The monoisotopic (exact) mass is 489 g/mol. The van der Waals surface area contributed by atoms with E-state index in [-0.39, 0.29) is 11.8 Å². The number of nitrogens with zero attached hydrogens (tertiary/aromatic N) is 5. The maximum absolute atomic E-state index is 13.2. The Morgan fingerprint density at radius 3 is 2.40 bits per heavy atom. The molecule has 35 heavy (non-hydrogen) atoms. The first kappa shape index (κ1) is 23.5. The molecule has 1 fully saturated rings. The summed E-state index contributed by atoms with van der Waals surface area (Å²) in [6.45, 7) is 5.15. The fraction of sp³-hybridized carbons (Fsp3) is 0.333. The number of aromatic nitrogens is 3. The maximum Gasteiger partial charge on any atom is 0.244 e. The molecule has 5 rings (SSSR count). The minimum absolute atomic E-state index is 0.0824. The molecular weight excluding hydrogens is 458 g/mol. The van der Waals surface area contributed by atoms with Gasteiger partial charge in [-0.3, -0.25) is 4.90 Å². The molecule has 1 aliphatic heterocycles. The Kier molecular flexibility index (Phi) is 6.58. The Bertz CT molecular complexity index is 1390. The first-order valence-electron chi connectivity index (χ1n) is 12.0. The van der Waals surface area contributed by atoms with Gasteiger partial charge in [0.2, 0.25) is 16.0 Å². The first-order chi connectivity index (χ1) is 16.9. The molecule has 2 aromatic heterocycles. The summed E-state index contributed by atoms with van der Waals surface area (Å²) in [5, 5.41) is 0.709. The summed E-state index contributed by atoms with van der Waals surface area (Å²) in [6, 6.07) is 21.7. The fourth-order valence-corrected chi connectivity index (χ4v) is 6.30. The van der Waals surface area contributed by atoms with Crippen molar-refractivity contribution in [3.05, 3.63) is 90.3 Å². The molecule has 8 heteroatoms. The van der Waals surface area contributed by atoms with Gasteiger partial charge in [0.1, 0.15) is 0 Å². The van der Waals surface area contributed by atoms with Gasteiger partial charge in [0, 0.05) is 44.0 Å². The molecule has 1 aliphatic rings. The maximum atomic E-state index is 13.2. The van der Waals surface area contributed by atoms with Crippen LogP contribution in [0.1, 0.15) is 24.5 Å². The second-order valence-corrected chi connectivity index (χ2v) is 11.3. The Morgan fingerprint density at radius 1 is 1.00 bits per heavy atom. The average molecular weight is 490 g/mol. The van der Waals surface area contributed by atoms with Gasteiger partial charge in [0.05, 0.1) is 5.75 Å². The molecule has 0 N–H and O–H groups in total. The largest absolute Gasteiger partial charge is 0.339 e. The van der Waals surface area contributed by atoms with Gasteiger partial charge in [-0.15, -0.1) is 0 Å². The van der Waals surface area contributed by atoms with E-state index in [4.69, 9.17) is 4.98 Å². The van der Waals surface area contributed by atoms with Gasteiger partial charge in [0.15, 0.2) is 5.65 Å². The number of anilines is 1. The third-order valence-electron chi connectivity index (χ3n) is 6.94. The highest BCUT2D eigenvalue weighted by molar-refractivity contribution is 7.89. The van der Waals surface area contributed by atoms with Crippen molar-refractivity contribution in [3.63, 3.8) is 0 Å². The van der Waals surface area contributed by atoms with Crippen molar-refractivity contribution < 1.29 is 8.42 Å². The summed E-state index contributed by atoms with van der Waals surface area (Å²) in [7, 11) is -1.60. The van der Waals surface area contributed by atoms with Crippen molar-refractivity contribution in [1.29, 1.82) is 0 Å².